The molecule has 7 nitrogen and oxygen atoms in total. The van der Waals surface area contributed by atoms with Crippen molar-refractivity contribution in [1.29, 1.82) is 0 Å². The molecule has 1 aliphatic heterocycles. The Morgan fingerprint density at radius 2 is 1.96 bits per heavy atom. The fourth-order valence-electron chi connectivity index (χ4n) is 2.95. The first-order chi connectivity index (χ1) is 12.0. The zero-order chi connectivity index (χ0) is 18.2. The molecule has 0 aromatic heterocycles. The van der Waals surface area contributed by atoms with E-state index in [1.807, 2.05) is 42.2 Å². The number of amides is 1. The second-order valence-electron chi connectivity index (χ2n) is 6.18. The lowest BCUT2D eigenvalue weighted by Crippen LogP contribution is -2.44. The highest BCUT2D eigenvalue weighted by Crippen LogP contribution is 2.23. The molecule has 2 rings (SSSR count). The number of hydrogen-bond acceptors (Lipinski definition) is 4. The van der Waals surface area contributed by atoms with Crippen LogP contribution >= 0.6 is 0 Å². The Labute approximate surface area is 148 Å². The highest BCUT2D eigenvalue weighted by atomic mass is 16.5. The van der Waals surface area contributed by atoms with Gasteiger partial charge >= 0.3 is 5.97 Å². The number of hydrogen-bond donors (Lipinski definition) is 2. The first-order valence-corrected chi connectivity index (χ1v) is 8.39. The number of aliphatic imine (C=N–C) groups is 1. The van der Waals surface area contributed by atoms with Crippen LogP contribution in [0, 0.1) is 11.8 Å². The molecule has 2 atom stereocenters. The Morgan fingerprint density at radius 3 is 2.60 bits per heavy atom. The lowest BCUT2D eigenvalue weighted by atomic mass is 9.99. The zero-order valence-electron chi connectivity index (χ0n) is 15.0. The Kier molecular flexibility index (Phi) is 6.80. The van der Waals surface area contributed by atoms with Gasteiger partial charge in [-0.2, -0.15) is 0 Å². The second-order valence-corrected chi connectivity index (χ2v) is 6.18. The number of rotatable bonds is 5. The Hall–Kier alpha value is -2.57. The van der Waals surface area contributed by atoms with Crippen LogP contribution in [0.25, 0.3) is 0 Å². The smallest absolute Gasteiger partial charge is 0.310 e. The second kappa shape index (κ2) is 9.05. The van der Waals surface area contributed by atoms with E-state index in [0.717, 1.165) is 5.56 Å². The van der Waals surface area contributed by atoms with Crippen molar-refractivity contribution in [3.8, 4) is 0 Å². The fraction of sp³-hybridized carbons (Fsp3) is 0.500. The van der Waals surface area contributed by atoms with Crippen molar-refractivity contribution in [2.45, 2.75) is 13.5 Å². The standard InChI is InChI=1S/C18H26N4O3/c1-13-11-22(12-15(13)17(24)25-3)18(19-2)21-10-16(23)20-9-14-7-5-4-6-8-14/h4-8,13,15H,9-12H2,1-3H3,(H,19,21)(H,20,23). The van der Waals surface area contributed by atoms with Gasteiger partial charge in [-0.05, 0) is 11.5 Å². The van der Waals surface area contributed by atoms with E-state index >= 15 is 0 Å². The number of likely N-dealkylation sites (tertiary alicyclic amines) is 1. The molecule has 2 N–H and O–H groups in total. The van der Waals surface area contributed by atoms with Gasteiger partial charge in [0.2, 0.25) is 5.91 Å². The van der Waals surface area contributed by atoms with Gasteiger partial charge in [0.25, 0.3) is 0 Å². The number of carbonyl (C=O) groups excluding carboxylic acids is 2. The van der Waals surface area contributed by atoms with Crippen LogP contribution in [0.15, 0.2) is 35.3 Å². The van der Waals surface area contributed by atoms with Crippen molar-refractivity contribution < 1.29 is 14.3 Å². The molecule has 0 spiro atoms. The average Bonchev–Trinajstić information content (AvgIpc) is 3.02. The highest BCUT2D eigenvalue weighted by molar-refractivity contribution is 5.87. The van der Waals surface area contributed by atoms with Gasteiger partial charge in [-0.15, -0.1) is 0 Å². The van der Waals surface area contributed by atoms with Crippen molar-refractivity contribution in [3.05, 3.63) is 35.9 Å². The summed E-state index contributed by atoms with van der Waals surface area (Å²) in [4.78, 5) is 30.0. The summed E-state index contributed by atoms with van der Waals surface area (Å²) in [5.74, 6) is 0.314. The molecular formula is C18H26N4O3. The summed E-state index contributed by atoms with van der Waals surface area (Å²) < 4.78 is 4.85. The van der Waals surface area contributed by atoms with Gasteiger partial charge in [-0.25, -0.2) is 0 Å². The van der Waals surface area contributed by atoms with Gasteiger partial charge in [-0.3, -0.25) is 14.6 Å². The average molecular weight is 346 g/mol. The molecule has 1 heterocycles. The molecule has 1 saturated heterocycles. The van der Waals surface area contributed by atoms with Gasteiger partial charge in [0, 0.05) is 26.7 Å². The molecule has 0 bridgehead atoms. The lowest BCUT2D eigenvalue weighted by Gasteiger charge is -2.21. The molecule has 136 valence electrons. The minimum atomic E-state index is -0.203. The SMILES string of the molecule is CN=C(NCC(=O)NCc1ccccc1)N1CC(C)C(C(=O)OC)C1. The van der Waals surface area contributed by atoms with Crippen LogP contribution < -0.4 is 10.6 Å². The van der Waals surface area contributed by atoms with Crippen molar-refractivity contribution >= 4 is 17.8 Å². The van der Waals surface area contributed by atoms with Gasteiger partial charge in [0.15, 0.2) is 5.96 Å². The summed E-state index contributed by atoms with van der Waals surface area (Å²) in [6.45, 7) is 3.88. The van der Waals surface area contributed by atoms with E-state index in [1.165, 1.54) is 7.11 Å². The van der Waals surface area contributed by atoms with E-state index < -0.39 is 0 Å². The topological polar surface area (TPSA) is 83.0 Å². The van der Waals surface area contributed by atoms with E-state index in [2.05, 4.69) is 15.6 Å². The fourth-order valence-corrected chi connectivity index (χ4v) is 2.95. The van der Waals surface area contributed by atoms with E-state index in [4.69, 9.17) is 4.74 Å². The number of methoxy groups -OCH3 is 1. The lowest BCUT2D eigenvalue weighted by molar-refractivity contribution is -0.146. The summed E-state index contributed by atoms with van der Waals surface area (Å²) >= 11 is 0. The molecule has 0 radical (unpaired) electrons. The van der Waals surface area contributed by atoms with Crippen molar-refractivity contribution in [2.75, 3.05) is 33.8 Å². The van der Waals surface area contributed by atoms with Crippen molar-refractivity contribution in [2.24, 2.45) is 16.8 Å². The van der Waals surface area contributed by atoms with Crippen LogP contribution in [0.4, 0.5) is 0 Å². The number of esters is 1. The third kappa shape index (κ3) is 5.20. The predicted octanol–water partition coefficient (Wildman–Crippen LogP) is 0.619. The van der Waals surface area contributed by atoms with Crippen molar-refractivity contribution in [3.63, 3.8) is 0 Å². The minimum Gasteiger partial charge on any atom is -0.469 e. The van der Waals surface area contributed by atoms with Crippen LogP contribution in [0.5, 0.6) is 0 Å². The summed E-state index contributed by atoms with van der Waals surface area (Å²) in [7, 11) is 3.07. The number of benzene rings is 1. The number of nitrogens with one attached hydrogen (secondary N) is 2. The minimum absolute atomic E-state index is 0.109. The molecule has 25 heavy (non-hydrogen) atoms. The van der Waals surface area contributed by atoms with Crippen LogP contribution in [-0.4, -0.2) is 56.5 Å². The molecule has 1 fully saturated rings. The normalized spacial score (nSPS) is 20.3. The van der Waals surface area contributed by atoms with Crippen molar-refractivity contribution in [1.82, 2.24) is 15.5 Å². The summed E-state index contributed by atoms with van der Waals surface area (Å²) in [6.07, 6.45) is 0. The predicted molar refractivity (Wildman–Crippen MR) is 95.9 cm³/mol. The number of guanidine groups is 1. The maximum Gasteiger partial charge on any atom is 0.310 e. The molecule has 1 aromatic rings. The monoisotopic (exact) mass is 346 g/mol. The maximum absolute atomic E-state index is 12.0. The maximum atomic E-state index is 12.0. The molecule has 7 heteroatoms. The number of nitrogens with zero attached hydrogens (tertiary/aromatic N) is 2. The van der Waals surface area contributed by atoms with E-state index in [1.54, 1.807) is 7.05 Å². The number of carbonyl (C=O) groups is 2. The summed E-state index contributed by atoms with van der Waals surface area (Å²) in [5.41, 5.74) is 1.05. The first kappa shape index (κ1) is 18.8. The van der Waals surface area contributed by atoms with Gasteiger partial charge in [0.1, 0.15) is 0 Å². The van der Waals surface area contributed by atoms with E-state index in [0.29, 0.717) is 25.6 Å². The number of ether oxygens (including phenoxy) is 1. The Balaban J connectivity index is 1.80. The highest BCUT2D eigenvalue weighted by Gasteiger charge is 2.36. The quantitative estimate of drug-likeness (QED) is 0.464. The largest absolute Gasteiger partial charge is 0.469 e. The molecule has 2 unspecified atom stereocenters. The molecule has 1 aromatic carbocycles. The first-order valence-electron chi connectivity index (χ1n) is 8.39. The van der Waals surface area contributed by atoms with E-state index in [9.17, 15) is 9.59 Å². The molecule has 0 saturated carbocycles. The van der Waals surface area contributed by atoms with Crippen LogP contribution in [0.2, 0.25) is 0 Å². The van der Waals surface area contributed by atoms with Gasteiger partial charge in [-0.1, -0.05) is 37.3 Å². The zero-order valence-corrected chi connectivity index (χ0v) is 15.0. The van der Waals surface area contributed by atoms with Crippen LogP contribution in [-0.2, 0) is 20.9 Å². The van der Waals surface area contributed by atoms with Gasteiger partial charge < -0.3 is 20.3 Å². The third-order valence-corrected chi connectivity index (χ3v) is 4.37. The molecular weight excluding hydrogens is 320 g/mol. The van der Waals surface area contributed by atoms with Gasteiger partial charge in [0.05, 0.1) is 19.6 Å². The molecule has 1 aliphatic rings. The summed E-state index contributed by atoms with van der Waals surface area (Å²) in [6, 6.07) is 9.74. The van der Waals surface area contributed by atoms with Crippen LogP contribution in [0.1, 0.15) is 12.5 Å². The Morgan fingerprint density at radius 1 is 1.24 bits per heavy atom. The van der Waals surface area contributed by atoms with Crippen LogP contribution in [0.3, 0.4) is 0 Å². The Bertz CT molecular complexity index is 618. The third-order valence-electron chi connectivity index (χ3n) is 4.37. The molecule has 1 amide bonds. The molecule has 0 aliphatic carbocycles. The summed E-state index contributed by atoms with van der Waals surface area (Å²) in [5, 5.41) is 5.92. The van der Waals surface area contributed by atoms with E-state index in [-0.39, 0.29) is 30.3 Å².